The summed E-state index contributed by atoms with van der Waals surface area (Å²) in [5.74, 6) is 1.43. The number of carbonyl (C=O) groups is 1. The molecule has 4 nitrogen and oxygen atoms in total. The standard InChI is InChI=1S/C19H22O4/c1-21-17-8-5-9-18(22-2)16(17)13-15-7-4-6-14(12-15)10-11-19(20)23-3/h4-9,12H,10-11,13H2,1-3H3. The van der Waals surface area contributed by atoms with Gasteiger partial charge in [0.05, 0.1) is 21.3 Å². The number of esters is 1. The second kappa shape index (κ2) is 8.22. The van der Waals surface area contributed by atoms with Crippen LogP contribution in [0.1, 0.15) is 23.1 Å². The van der Waals surface area contributed by atoms with Crippen molar-refractivity contribution in [1.82, 2.24) is 0 Å². The van der Waals surface area contributed by atoms with E-state index in [2.05, 4.69) is 16.9 Å². The predicted molar refractivity (Wildman–Crippen MR) is 89.1 cm³/mol. The second-order valence-corrected chi connectivity index (χ2v) is 5.21. The second-order valence-electron chi connectivity index (χ2n) is 5.21. The van der Waals surface area contributed by atoms with E-state index in [1.165, 1.54) is 7.11 Å². The molecule has 2 aromatic carbocycles. The highest BCUT2D eigenvalue weighted by Crippen LogP contribution is 2.30. The van der Waals surface area contributed by atoms with E-state index in [0.29, 0.717) is 19.3 Å². The molecule has 0 unspecified atom stereocenters. The van der Waals surface area contributed by atoms with E-state index >= 15 is 0 Å². The summed E-state index contributed by atoms with van der Waals surface area (Å²) >= 11 is 0. The third-order valence-corrected chi connectivity index (χ3v) is 3.75. The molecule has 0 aliphatic rings. The van der Waals surface area contributed by atoms with E-state index in [1.807, 2.05) is 30.3 Å². The molecule has 0 aliphatic heterocycles. The molecule has 0 radical (unpaired) electrons. The van der Waals surface area contributed by atoms with Crippen molar-refractivity contribution in [3.05, 3.63) is 59.2 Å². The Kier molecular flexibility index (Phi) is 6.03. The predicted octanol–water partition coefficient (Wildman–Crippen LogP) is 3.40. The molecular formula is C19H22O4. The Balaban J connectivity index is 2.19. The van der Waals surface area contributed by atoms with Crippen LogP contribution < -0.4 is 9.47 Å². The van der Waals surface area contributed by atoms with E-state index in [4.69, 9.17) is 9.47 Å². The van der Waals surface area contributed by atoms with E-state index in [9.17, 15) is 4.79 Å². The molecule has 4 heteroatoms. The summed E-state index contributed by atoms with van der Waals surface area (Å²) in [4.78, 5) is 11.3. The molecular weight excluding hydrogens is 292 g/mol. The lowest BCUT2D eigenvalue weighted by molar-refractivity contribution is -0.140. The first kappa shape index (κ1) is 16.9. The van der Waals surface area contributed by atoms with Crippen LogP contribution in [0.2, 0.25) is 0 Å². The number of benzene rings is 2. The maximum absolute atomic E-state index is 11.3. The molecule has 0 fully saturated rings. The third-order valence-electron chi connectivity index (χ3n) is 3.75. The fourth-order valence-electron chi connectivity index (χ4n) is 2.55. The summed E-state index contributed by atoms with van der Waals surface area (Å²) < 4.78 is 15.6. The van der Waals surface area contributed by atoms with Crippen molar-refractivity contribution in [3.63, 3.8) is 0 Å². The molecule has 0 amide bonds. The van der Waals surface area contributed by atoms with Crippen LogP contribution in [-0.4, -0.2) is 27.3 Å². The largest absolute Gasteiger partial charge is 0.496 e. The van der Waals surface area contributed by atoms with Gasteiger partial charge in [-0.25, -0.2) is 0 Å². The summed E-state index contributed by atoms with van der Waals surface area (Å²) in [6.07, 6.45) is 1.76. The molecule has 0 aliphatic carbocycles. The number of aryl methyl sites for hydroxylation is 1. The van der Waals surface area contributed by atoms with Crippen LogP contribution >= 0.6 is 0 Å². The molecule has 23 heavy (non-hydrogen) atoms. The Bertz CT molecular complexity index is 642. The lowest BCUT2D eigenvalue weighted by atomic mass is 9.99. The fourth-order valence-corrected chi connectivity index (χ4v) is 2.55. The van der Waals surface area contributed by atoms with E-state index in [0.717, 1.165) is 28.2 Å². The van der Waals surface area contributed by atoms with Crippen molar-refractivity contribution in [2.24, 2.45) is 0 Å². The van der Waals surface area contributed by atoms with Gasteiger partial charge in [-0.2, -0.15) is 0 Å². The minimum absolute atomic E-state index is 0.193. The van der Waals surface area contributed by atoms with Gasteiger partial charge in [-0.05, 0) is 29.7 Å². The van der Waals surface area contributed by atoms with Gasteiger partial charge in [0.2, 0.25) is 0 Å². The summed E-state index contributed by atoms with van der Waals surface area (Å²) in [5.41, 5.74) is 3.28. The van der Waals surface area contributed by atoms with Gasteiger partial charge in [0.15, 0.2) is 0 Å². The fraction of sp³-hybridized carbons (Fsp3) is 0.316. The molecule has 0 saturated carbocycles. The topological polar surface area (TPSA) is 44.8 Å². The minimum atomic E-state index is -0.193. The van der Waals surface area contributed by atoms with Gasteiger partial charge in [-0.1, -0.05) is 30.3 Å². The van der Waals surface area contributed by atoms with Crippen molar-refractivity contribution < 1.29 is 19.0 Å². The molecule has 0 bridgehead atoms. The Labute approximate surface area is 137 Å². The number of rotatable bonds is 7. The number of hydrogen-bond donors (Lipinski definition) is 0. The normalized spacial score (nSPS) is 10.2. The summed E-state index contributed by atoms with van der Waals surface area (Å²) in [6.45, 7) is 0. The summed E-state index contributed by atoms with van der Waals surface area (Å²) in [7, 11) is 4.73. The quantitative estimate of drug-likeness (QED) is 0.735. The van der Waals surface area contributed by atoms with Gasteiger partial charge in [0.1, 0.15) is 11.5 Å². The summed E-state index contributed by atoms with van der Waals surface area (Å²) in [6, 6.07) is 14.0. The van der Waals surface area contributed by atoms with Gasteiger partial charge < -0.3 is 14.2 Å². The lowest BCUT2D eigenvalue weighted by Crippen LogP contribution is -2.02. The average Bonchev–Trinajstić information content (AvgIpc) is 2.60. The van der Waals surface area contributed by atoms with Gasteiger partial charge in [0.25, 0.3) is 0 Å². The van der Waals surface area contributed by atoms with Crippen molar-refractivity contribution in [2.45, 2.75) is 19.3 Å². The molecule has 0 saturated heterocycles. The van der Waals surface area contributed by atoms with Gasteiger partial charge in [0, 0.05) is 18.4 Å². The van der Waals surface area contributed by atoms with Crippen LogP contribution in [0.15, 0.2) is 42.5 Å². The van der Waals surface area contributed by atoms with Gasteiger partial charge >= 0.3 is 5.97 Å². The first-order valence-corrected chi connectivity index (χ1v) is 7.52. The third kappa shape index (κ3) is 4.49. The van der Waals surface area contributed by atoms with Crippen LogP contribution in [0.5, 0.6) is 11.5 Å². The number of methoxy groups -OCH3 is 3. The Morgan fingerprint density at radius 1 is 0.913 bits per heavy atom. The lowest BCUT2D eigenvalue weighted by Gasteiger charge is -2.13. The van der Waals surface area contributed by atoms with E-state index in [1.54, 1.807) is 14.2 Å². The molecule has 122 valence electrons. The number of carbonyl (C=O) groups excluding carboxylic acids is 1. The maximum atomic E-state index is 11.3. The Morgan fingerprint density at radius 2 is 1.52 bits per heavy atom. The molecule has 0 spiro atoms. The molecule has 0 N–H and O–H groups in total. The number of ether oxygens (including phenoxy) is 3. The van der Waals surface area contributed by atoms with E-state index in [-0.39, 0.29) is 5.97 Å². The van der Waals surface area contributed by atoms with Crippen LogP contribution in [0.4, 0.5) is 0 Å². The Hall–Kier alpha value is -2.49. The first-order valence-electron chi connectivity index (χ1n) is 7.52. The van der Waals surface area contributed by atoms with Crippen molar-refractivity contribution in [3.8, 4) is 11.5 Å². The molecule has 2 aromatic rings. The van der Waals surface area contributed by atoms with Crippen molar-refractivity contribution >= 4 is 5.97 Å². The zero-order valence-electron chi connectivity index (χ0n) is 13.8. The van der Waals surface area contributed by atoms with Crippen LogP contribution in [0.25, 0.3) is 0 Å². The highest BCUT2D eigenvalue weighted by atomic mass is 16.5. The highest BCUT2D eigenvalue weighted by molar-refractivity contribution is 5.69. The SMILES string of the molecule is COC(=O)CCc1cccc(Cc2c(OC)cccc2OC)c1. The minimum Gasteiger partial charge on any atom is -0.496 e. The number of hydrogen-bond acceptors (Lipinski definition) is 4. The Morgan fingerprint density at radius 3 is 2.13 bits per heavy atom. The molecule has 2 rings (SSSR count). The van der Waals surface area contributed by atoms with Crippen molar-refractivity contribution in [2.75, 3.05) is 21.3 Å². The molecule has 0 heterocycles. The first-order chi connectivity index (χ1) is 11.2. The zero-order chi connectivity index (χ0) is 16.7. The maximum Gasteiger partial charge on any atom is 0.305 e. The highest BCUT2D eigenvalue weighted by Gasteiger charge is 2.11. The summed E-state index contributed by atoms with van der Waals surface area (Å²) in [5, 5.41) is 0. The van der Waals surface area contributed by atoms with Crippen LogP contribution in [0.3, 0.4) is 0 Å². The van der Waals surface area contributed by atoms with Crippen LogP contribution in [-0.2, 0) is 22.4 Å². The smallest absolute Gasteiger partial charge is 0.305 e. The van der Waals surface area contributed by atoms with Gasteiger partial charge in [-0.3, -0.25) is 4.79 Å². The monoisotopic (exact) mass is 314 g/mol. The molecule has 0 aromatic heterocycles. The molecule has 0 atom stereocenters. The average molecular weight is 314 g/mol. The van der Waals surface area contributed by atoms with Crippen molar-refractivity contribution in [1.29, 1.82) is 0 Å². The van der Waals surface area contributed by atoms with Gasteiger partial charge in [-0.15, -0.1) is 0 Å². The van der Waals surface area contributed by atoms with Crippen LogP contribution in [0, 0.1) is 0 Å². The zero-order valence-corrected chi connectivity index (χ0v) is 13.8. The van der Waals surface area contributed by atoms with E-state index < -0.39 is 0 Å².